The zero-order valence-corrected chi connectivity index (χ0v) is 17.3. The van der Waals surface area contributed by atoms with Gasteiger partial charge in [0, 0.05) is 23.8 Å². The Bertz CT molecular complexity index is 967. The molecule has 0 aromatic carbocycles. The SMILES string of the molecule is CCn1cnc(C2CCC2)c1CSc1nc2c(c(=O)[nH]1)CCC2.O=C(O)C(F)(F)F. The molecule has 0 radical (unpaired) electrons. The quantitative estimate of drug-likeness (QED) is 0.539. The molecule has 1 saturated carbocycles. The van der Waals surface area contributed by atoms with Gasteiger partial charge in [-0.2, -0.15) is 13.2 Å². The second-order valence-corrected chi connectivity index (χ2v) is 8.20. The van der Waals surface area contributed by atoms with Gasteiger partial charge in [0.15, 0.2) is 5.16 Å². The Kier molecular flexibility index (Phi) is 6.89. The Morgan fingerprint density at radius 1 is 1.33 bits per heavy atom. The van der Waals surface area contributed by atoms with Crippen LogP contribution in [-0.4, -0.2) is 36.8 Å². The van der Waals surface area contributed by atoms with Gasteiger partial charge >= 0.3 is 12.1 Å². The standard InChI is InChI=1S/C17H22N4OS.C2HF3O2/c1-2-21-10-18-15(11-5-3-6-11)14(21)9-23-17-19-13-8-4-7-12(13)16(22)20-17;3-2(4,5)1(6)7/h10-11H,2-9H2,1H3,(H,19,20,22);(H,6,7). The number of carboxylic acids is 1. The highest BCUT2D eigenvalue weighted by molar-refractivity contribution is 7.98. The van der Waals surface area contributed by atoms with Gasteiger partial charge in [-0.25, -0.2) is 14.8 Å². The molecule has 0 spiro atoms. The topological polar surface area (TPSA) is 101 Å². The molecule has 1 fully saturated rings. The van der Waals surface area contributed by atoms with Crippen LogP contribution in [0.2, 0.25) is 0 Å². The molecule has 0 unspecified atom stereocenters. The van der Waals surface area contributed by atoms with Crippen molar-refractivity contribution >= 4 is 17.7 Å². The molecular weight excluding hydrogens is 421 g/mol. The van der Waals surface area contributed by atoms with Crippen molar-refractivity contribution in [3.05, 3.63) is 39.3 Å². The zero-order valence-electron chi connectivity index (χ0n) is 16.5. The fraction of sp³-hybridized carbons (Fsp3) is 0.579. The van der Waals surface area contributed by atoms with Crippen molar-refractivity contribution in [1.29, 1.82) is 0 Å². The molecule has 0 saturated heterocycles. The van der Waals surface area contributed by atoms with Crippen LogP contribution in [0, 0.1) is 0 Å². The lowest BCUT2D eigenvalue weighted by Crippen LogP contribution is -2.21. The number of rotatable bonds is 5. The first-order valence-corrected chi connectivity index (χ1v) is 10.8. The Balaban J connectivity index is 0.000000318. The number of aromatic amines is 1. The van der Waals surface area contributed by atoms with Gasteiger partial charge in [-0.05, 0) is 39.0 Å². The van der Waals surface area contributed by atoms with Crippen molar-refractivity contribution in [3.8, 4) is 0 Å². The number of hydrogen-bond donors (Lipinski definition) is 2. The second-order valence-electron chi connectivity index (χ2n) is 7.23. The highest BCUT2D eigenvalue weighted by Crippen LogP contribution is 2.38. The number of aromatic nitrogens is 4. The summed E-state index contributed by atoms with van der Waals surface area (Å²) >= 11 is 1.63. The number of aryl methyl sites for hydroxylation is 2. The van der Waals surface area contributed by atoms with Crippen molar-refractivity contribution in [2.45, 2.75) is 75.0 Å². The summed E-state index contributed by atoms with van der Waals surface area (Å²) in [7, 11) is 0. The summed E-state index contributed by atoms with van der Waals surface area (Å²) < 4.78 is 34.0. The van der Waals surface area contributed by atoms with Gasteiger partial charge in [0.25, 0.3) is 5.56 Å². The minimum absolute atomic E-state index is 0.0539. The smallest absolute Gasteiger partial charge is 0.475 e. The monoisotopic (exact) mass is 444 g/mol. The summed E-state index contributed by atoms with van der Waals surface area (Å²) in [5.74, 6) is -1.31. The van der Waals surface area contributed by atoms with E-state index in [1.807, 2.05) is 6.33 Å². The lowest BCUT2D eigenvalue weighted by molar-refractivity contribution is -0.192. The van der Waals surface area contributed by atoms with Gasteiger partial charge < -0.3 is 14.7 Å². The van der Waals surface area contributed by atoms with Gasteiger partial charge in [-0.3, -0.25) is 4.79 Å². The van der Waals surface area contributed by atoms with Crippen LogP contribution < -0.4 is 5.56 Å². The van der Waals surface area contributed by atoms with Crippen LogP contribution in [-0.2, 0) is 29.9 Å². The van der Waals surface area contributed by atoms with Crippen LogP contribution in [0.4, 0.5) is 13.2 Å². The predicted molar refractivity (Wildman–Crippen MR) is 105 cm³/mol. The third-order valence-electron chi connectivity index (χ3n) is 5.32. The summed E-state index contributed by atoms with van der Waals surface area (Å²) in [6.07, 6.45) is 3.56. The Labute approximate surface area is 175 Å². The summed E-state index contributed by atoms with van der Waals surface area (Å²) in [4.78, 5) is 33.3. The molecule has 2 aliphatic carbocycles. The highest BCUT2D eigenvalue weighted by Gasteiger charge is 2.38. The summed E-state index contributed by atoms with van der Waals surface area (Å²) in [5.41, 5.74) is 4.50. The average Bonchev–Trinajstić information content (AvgIpc) is 3.25. The van der Waals surface area contributed by atoms with E-state index in [0.717, 1.165) is 48.0 Å². The van der Waals surface area contributed by atoms with Gasteiger partial charge in [0.1, 0.15) is 0 Å². The number of H-pyrrole nitrogens is 1. The minimum Gasteiger partial charge on any atom is -0.475 e. The molecule has 2 aromatic rings. The molecule has 2 N–H and O–H groups in total. The third kappa shape index (κ3) is 5.05. The molecule has 0 atom stereocenters. The number of aliphatic carboxylic acids is 1. The van der Waals surface area contributed by atoms with Crippen LogP contribution in [0.1, 0.15) is 61.2 Å². The van der Waals surface area contributed by atoms with E-state index in [9.17, 15) is 18.0 Å². The molecular formula is C19H23F3N4O3S. The fourth-order valence-corrected chi connectivity index (χ4v) is 4.43. The second kappa shape index (κ2) is 9.23. The number of hydrogen-bond acceptors (Lipinski definition) is 5. The zero-order chi connectivity index (χ0) is 21.9. The molecule has 2 heterocycles. The normalized spacial score (nSPS) is 15.9. The van der Waals surface area contributed by atoms with E-state index < -0.39 is 12.1 Å². The molecule has 4 rings (SSSR count). The number of fused-ring (bicyclic) bond motifs is 1. The lowest BCUT2D eigenvalue weighted by atomic mass is 9.82. The molecule has 11 heteroatoms. The van der Waals surface area contributed by atoms with E-state index in [1.54, 1.807) is 11.8 Å². The summed E-state index contributed by atoms with van der Waals surface area (Å²) in [6, 6.07) is 0. The van der Waals surface area contributed by atoms with Gasteiger partial charge in [0.2, 0.25) is 0 Å². The highest BCUT2D eigenvalue weighted by atomic mass is 32.2. The number of alkyl halides is 3. The Morgan fingerprint density at radius 2 is 2.03 bits per heavy atom. The maximum Gasteiger partial charge on any atom is 0.490 e. The first kappa shape index (κ1) is 22.4. The van der Waals surface area contributed by atoms with E-state index in [-0.39, 0.29) is 5.56 Å². The Morgan fingerprint density at radius 3 is 2.60 bits per heavy atom. The number of carbonyl (C=O) groups is 1. The van der Waals surface area contributed by atoms with Gasteiger partial charge in [-0.1, -0.05) is 18.2 Å². The first-order valence-electron chi connectivity index (χ1n) is 9.79. The van der Waals surface area contributed by atoms with E-state index in [4.69, 9.17) is 9.90 Å². The maximum atomic E-state index is 12.1. The van der Waals surface area contributed by atoms with Crippen molar-refractivity contribution in [2.24, 2.45) is 0 Å². The molecule has 2 aromatic heterocycles. The van der Waals surface area contributed by atoms with Crippen LogP contribution in [0.15, 0.2) is 16.3 Å². The van der Waals surface area contributed by atoms with Gasteiger partial charge in [-0.15, -0.1) is 0 Å². The van der Waals surface area contributed by atoms with Crippen molar-refractivity contribution in [3.63, 3.8) is 0 Å². The molecule has 7 nitrogen and oxygen atoms in total. The van der Waals surface area contributed by atoms with E-state index in [1.165, 1.54) is 30.7 Å². The van der Waals surface area contributed by atoms with E-state index in [2.05, 4.69) is 26.4 Å². The van der Waals surface area contributed by atoms with E-state index >= 15 is 0 Å². The molecule has 30 heavy (non-hydrogen) atoms. The largest absolute Gasteiger partial charge is 0.490 e. The van der Waals surface area contributed by atoms with Crippen LogP contribution in [0.3, 0.4) is 0 Å². The number of carboxylic acid groups (broad SMARTS) is 1. The van der Waals surface area contributed by atoms with Crippen LogP contribution in [0.5, 0.6) is 0 Å². The number of nitrogens with zero attached hydrogens (tertiary/aromatic N) is 3. The fourth-order valence-electron chi connectivity index (χ4n) is 3.50. The van der Waals surface area contributed by atoms with Gasteiger partial charge in [0.05, 0.1) is 23.4 Å². The minimum atomic E-state index is -5.08. The molecule has 0 aliphatic heterocycles. The number of thioether (sulfide) groups is 1. The number of halogens is 3. The first-order chi connectivity index (χ1) is 14.2. The van der Waals surface area contributed by atoms with Crippen molar-refractivity contribution in [2.75, 3.05) is 0 Å². The average molecular weight is 444 g/mol. The number of imidazole rings is 1. The summed E-state index contributed by atoms with van der Waals surface area (Å²) in [6.45, 7) is 3.08. The molecule has 0 bridgehead atoms. The van der Waals surface area contributed by atoms with Crippen LogP contribution >= 0.6 is 11.8 Å². The number of nitrogens with one attached hydrogen (secondary N) is 1. The molecule has 0 amide bonds. The maximum absolute atomic E-state index is 12.1. The molecule has 164 valence electrons. The van der Waals surface area contributed by atoms with E-state index in [0.29, 0.717) is 5.92 Å². The van der Waals surface area contributed by atoms with Crippen molar-refractivity contribution < 1.29 is 23.1 Å². The molecule has 2 aliphatic rings. The third-order valence-corrected chi connectivity index (χ3v) is 6.20. The Hall–Kier alpha value is -2.30. The van der Waals surface area contributed by atoms with Crippen LogP contribution in [0.25, 0.3) is 0 Å². The lowest BCUT2D eigenvalue weighted by Gasteiger charge is -2.25. The van der Waals surface area contributed by atoms with Crippen molar-refractivity contribution in [1.82, 2.24) is 19.5 Å². The predicted octanol–water partition coefficient (Wildman–Crippen LogP) is 3.67. The summed E-state index contributed by atoms with van der Waals surface area (Å²) in [5, 5.41) is 7.87.